The Balaban J connectivity index is 1.47. The molecule has 212 valence electrons. The molecule has 0 aliphatic carbocycles. The van der Waals surface area contributed by atoms with Gasteiger partial charge in [-0.05, 0) is 61.4 Å². The molecule has 1 heterocycles. The maximum atomic E-state index is 13.4. The maximum Gasteiger partial charge on any atom is 0.416 e. The van der Waals surface area contributed by atoms with Crippen LogP contribution < -0.4 is 9.62 Å². The van der Waals surface area contributed by atoms with Crippen LogP contribution in [-0.4, -0.2) is 32.9 Å². The Bertz CT molecular complexity index is 1540. The van der Waals surface area contributed by atoms with Gasteiger partial charge in [0.2, 0.25) is 0 Å². The summed E-state index contributed by atoms with van der Waals surface area (Å²) in [6.45, 7) is 0.667. The lowest BCUT2D eigenvalue weighted by Crippen LogP contribution is -2.35. The first-order valence-corrected chi connectivity index (χ1v) is 13.0. The molecule has 0 unspecified atom stereocenters. The Morgan fingerprint density at radius 3 is 2.17 bits per heavy atom. The molecule has 1 aliphatic heterocycles. The Kier molecular flexibility index (Phi) is 7.58. The molecule has 0 saturated heterocycles. The van der Waals surface area contributed by atoms with E-state index in [0.29, 0.717) is 24.2 Å². The number of anilines is 2. The largest absolute Gasteiger partial charge is 0.452 e. The summed E-state index contributed by atoms with van der Waals surface area (Å²) < 4.78 is 111. The average Bonchev–Trinajstić information content (AvgIpc) is 3.22. The molecule has 0 aromatic heterocycles. The topological polar surface area (TPSA) is 92.8 Å². The van der Waals surface area contributed by atoms with Crippen LogP contribution in [0.5, 0.6) is 0 Å². The fourth-order valence-corrected chi connectivity index (χ4v) is 5.98. The summed E-state index contributed by atoms with van der Waals surface area (Å²) in [5, 5.41) is 1.84. The highest BCUT2D eigenvalue weighted by molar-refractivity contribution is 7.92. The molecule has 0 fully saturated rings. The van der Waals surface area contributed by atoms with Gasteiger partial charge in [0.15, 0.2) is 6.61 Å². The molecular weight excluding hydrogens is 566 g/mol. The lowest BCUT2D eigenvalue weighted by molar-refractivity contribution is -0.143. The highest BCUT2D eigenvalue weighted by atomic mass is 32.2. The van der Waals surface area contributed by atoms with Crippen LogP contribution >= 0.6 is 0 Å². The minimum Gasteiger partial charge on any atom is -0.452 e. The molecule has 4 rings (SSSR count). The van der Waals surface area contributed by atoms with E-state index in [1.807, 2.05) is 11.4 Å². The van der Waals surface area contributed by atoms with E-state index in [-0.39, 0.29) is 16.5 Å². The number of nitrogens with one attached hydrogen (secondary N) is 1. The first kappa shape index (κ1) is 28.9. The first-order valence-electron chi connectivity index (χ1n) is 11.6. The van der Waals surface area contributed by atoms with Gasteiger partial charge in [0.05, 0.1) is 27.3 Å². The molecule has 1 N–H and O–H groups in total. The van der Waals surface area contributed by atoms with Crippen molar-refractivity contribution in [2.45, 2.75) is 36.6 Å². The van der Waals surface area contributed by atoms with E-state index < -0.39 is 63.7 Å². The second-order valence-corrected chi connectivity index (χ2v) is 10.7. The van der Waals surface area contributed by atoms with Gasteiger partial charge in [0, 0.05) is 11.7 Å². The van der Waals surface area contributed by atoms with Gasteiger partial charge in [-0.1, -0.05) is 24.3 Å². The third kappa shape index (κ3) is 6.06. The van der Waals surface area contributed by atoms with Crippen molar-refractivity contribution in [2.75, 3.05) is 16.2 Å². The van der Waals surface area contributed by atoms with Gasteiger partial charge in [-0.15, -0.1) is 0 Å². The molecule has 0 saturated carbocycles. The van der Waals surface area contributed by atoms with Gasteiger partial charge in [-0.25, -0.2) is 13.2 Å². The number of amides is 1. The Morgan fingerprint density at radius 2 is 1.55 bits per heavy atom. The number of carbonyl (C=O) groups excluding carboxylic acids is 2. The van der Waals surface area contributed by atoms with Crippen LogP contribution in [0.15, 0.2) is 71.6 Å². The van der Waals surface area contributed by atoms with E-state index in [1.165, 1.54) is 22.5 Å². The number of hydrogen-bond acceptors (Lipinski definition) is 5. The lowest BCUT2D eigenvalue weighted by atomic mass is 10.1. The van der Waals surface area contributed by atoms with E-state index in [2.05, 4.69) is 0 Å². The van der Waals surface area contributed by atoms with E-state index in [0.717, 1.165) is 11.6 Å². The number of rotatable bonds is 6. The molecule has 1 amide bonds. The molecule has 14 heteroatoms. The number of benzene rings is 3. The summed E-state index contributed by atoms with van der Waals surface area (Å²) in [7, 11) is -4.10. The highest BCUT2D eigenvalue weighted by Crippen LogP contribution is 2.38. The second-order valence-electron chi connectivity index (χ2n) is 8.93. The molecule has 3 aromatic rings. The summed E-state index contributed by atoms with van der Waals surface area (Å²) in [5.41, 5.74) is -2.99. The minimum absolute atomic E-state index is 0.0990. The fraction of sp³-hybridized carbons (Fsp3) is 0.231. The number of esters is 1. The predicted octanol–water partition coefficient (Wildman–Crippen LogP) is 5.66. The van der Waals surface area contributed by atoms with Crippen LogP contribution in [0.1, 0.15) is 34.0 Å². The van der Waals surface area contributed by atoms with E-state index in [1.54, 1.807) is 25.1 Å². The molecule has 1 aliphatic rings. The predicted molar refractivity (Wildman–Crippen MR) is 131 cm³/mol. The van der Waals surface area contributed by atoms with Gasteiger partial charge in [0.25, 0.3) is 15.9 Å². The molecule has 3 aromatic carbocycles. The van der Waals surface area contributed by atoms with Crippen molar-refractivity contribution in [3.63, 3.8) is 0 Å². The summed E-state index contributed by atoms with van der Waals surface area (Å²) in [5.74, 6) is -2.35. The number of sulfonamides is 1. The monoisotopic (exact) mass is 586 g/mol. The number of alkyl halides is 6. The lowest BCUT2D eigenvalue weighted by Gasteiger charge is -2.24. The molecule has 1 atom stereocenters. The van der Waals surface area contributed by atoms with E-state index in [9.17, 15) is 44.3 Å². The minimum atomic E-state index is -5.12. The fourth-order valence-electron chi connectivity index (χ4n) is 4.24. The van der Waals surface area contributed by atoms with Crippen LogP contribution in [0.4, 0.5) is 37.7 Å². The first-order chi connectivity index (χ1) is 18.6. The van der Waals surface area contributed by atoms with Crippen molar-refractivity contribution < 1.29 is 49.1 Å². The van der Waals surface area contributed by atoms with Crippen molar-refractivity contribution in [2.24, 2.45) is 0 Å². The number of hydrogen-bond donors (Lipinski definition) is 1. The number of para-hydroxylation sites is 1. The summed E-state index contributed by atoms with van der Waals surface area (Å²) in [4.78, 5) is 24.5. The zero-order valence-corrected chi connectivity index (χ0v) is 21.3. The molecule has 0 bridgehead atoms. The van der Waals surface area contributed by atoms with Crippen molar-refractivity contribution in [3.05, 3.63) is 89.0 Å². The summed E-state index contributed by atoms with van der Waals surface area (Å²) in [6.07, 6.45) is -9.75. The zero-order valence-electron chi connectivity index (χ0n) is 20.5. The Labute approximate surface area is 224 Å². The molecular formula is C26H20F6N2O5S. The Morgan fingerprint density at radius 1 is 0.925 bits per heavy atom. The molecule has 7 nitrogen and oxygen atoms in total. The molecule has 40 heavy (non-hydrogen) atoms. The highest BCUT2D eigenvalue weighted by Gasteiger charge is 2.38. The van der Waals surface area contributed by atoms with Gasteiger partial charge in [-0.2, -0.15) is 26.3 Å². The van der Waals surface area contributed by atoms with Crippen LogP contribution in [0.2, 0.25) is 0 Å². The van der Waals surface area contributed by atoms with E-state index in [4.69, 9.17) is 4.74 Å². The number of halogens is 6. The number of nitrogens with zero attached hydrogens (tertiary/aromatic N) is 1. The van der Waals surface area contributed by atoms with Gasteiger partial charge >= 0.3 is 18.3 Å². The summed E-state index contributed by atoms with van der Waals surface area (Å²) in [6, 6.07) is 11.9. The van der Waals surface area contributed by atoms with Gasteiger partial charge in [-0.3, -0.25) is 9.10 Å². The van der Waals surface area contributed by atoms with Crippen molar-refractivity contribution in [3.8, 4) is 0 Å². The third-order valence-electron chi connectivity index (χ3n) is 5.98. The van der Waals surface area contributed by atoms with Gasteiger partial charge in [0.1, 0.15) is 0 Å². The van der Waals surface area contributed by atoms with Gasteiger partial charge < -0.3 is 10.1 Å². The quantitative estimate of drug-likeness (QED) is 0.297. The van der Waals surface area contributed by atoms with Crippen molar-refractivity contribution in [1.82, 2.24) is 0 Å². The summed E-state index contributed by atoms with van der Waals surface area (Å²) >= 11 is 0. The molecule has 0 spiro atoms. The second kappa shape index (κ2) is 10.5. The van der Waals surface area contributed by atoms with E-state index >= 15 is 0 Å². The number of fused-ring (bicyclic) bond motifs is 1. The van der Waals surface area contributed by atoms with Crippen LogP contribution in [0.3, 0.4) is 0 Å². The Hall–Kier alpha value is -4.07. The zero-order chi connectivity index (χ0) is 29.5. The number of carbonyl (C=O) groups is 2. The van der Waals surface area contributed by atoms with Crippen LogP contribution in [0.25, 0.3) is 0 Å². The standard InChI is InChI=1S/C26H20F6N2O5S/c1-15-9-16-5-2-3-8-22(16)34(15)40(37,38)21-7-4-6-17(10-21)24(36)39-14-23(35)33-20-12-18(25(27,28)29)11-19(13-20)26(30,31)32/h2-8,10-13,15H,9,14H2,1H3,(H,33,35)/t15-/m1/s1. The van der Waals surface area contributed by atoms with Crippen LogP contribution in [-0.2, 0) is 38.3 Å². The average molecular weight is 587 g/mol. The van der Waals surface area contributed by atoms with Crippen molar-refractivity contribution in [1.29, 1.82) is 0 Å². The normalized spacial score (nSPS) is 15.5. The van der Waals surface area contributed by atoms with Crippen LogP contribution in [0, 0.1) is 0 Å². The van der Waals surface area contributed by atoms with Crippen molar-refractivity contribution >= 4 is 33.3 Å². The maximum absolute atomic E-state index is 13.4. The molecule has 0 radical (unpaired) electrons. The third-order valence-corrected chi connectivity index (χ3v) is 7.90. The smallest absolute Gasteiger partial charge is 0.416 e. The SMILES string of the molecule is C[C@@H]1Cc2ccccc2N1S(=O)(=O)c1cccc(C(=O)OCC(=O)Nc2cc(C(F)(F)F)cc(C(F)(F)F)c2)c1. The number of ether oxygens (including phenoxy) is 1.